The number of H-pyrrole nitrogens is 1. The predicted molar refractivity (Wildman–Crippen MR) is 167 cm³/mol. The molecule has 0 aliphatic carbocycles. The molecular weight excluding hydrogens is 599 g/mol. The van der Waals surface area contributed by atoms with E-state index in [0.717, 1.165) is 34.7 Å². The smallest absolute Gasteiger partial charge is 0.361 e. The van der Waals surface area contributed by atoms with E-state index in [1.807, 2.05) is 45.0 Å². The molecule has 0 saturated carbocycles. The maximum absolute atomic E-state index is 14.3. The van der Waals surface area contributed by atoms with E-state index in [0.29, 0.717) is 12.8 Å². The monoisotopic (exact) mass is 639 g/mol. The third-order valence-electron chi connectivity index (χ3n) is 9.04. The van der Waals surface area contributed by atoms with E-state index in [4.69, 9.17) is 0 Å². The van der Waals surface area contributed by atoms with Crippen molar-refractivity contribution in [3.8, 4) is 0 Å². The summed E-state index contributed by atoms with van der Waals surface area (Å²) in [5, 5.41) is 9.69. The maximum atomic E-state index is 14.3. The Balaban J connectivity index is 1.45. The van der Waals surface area contributed by atoms with Crippen LogP contribution in [0, 0.1) is 11.8 Å². The average Bonchev–Trinajstić information content (AvgIpc) is 3.62. The SMILES string of the molecule is CC(C)[C@@H]1CC[C@@H](C)CC(=O)N[C@H](Cc2c[nH]c3ccccc23)C(=O)N2C[C@H](NC(=O)c3cccc(C(F)(F)F)c3)C[C@H]2C(=O)N1. The van der Waals surface area contributed by atoms with Crippen LogP contribution in [0.2, 0.25) is 0 Å². The highest BCUT2D eigenvalue weighted by molar-refractivity contribution is 5.96. The lowest BCUT2D eigenvalue weighted by Gasteiger charge is -2.30. The molecule has 5 rings (SSSR count). The quantitative estimate of drug-likeness (QED) is 0.327. The Hall–Kier alpha value is -4.35. The number of nitrogens with one attached hydrogen (secondary N) is 4. The molecule has 3 heterocycles. The Morgan fingerprint density at radius 2 is 1.80 bits per heavy atom. The third kappa shape index (κ3) is 7.54. The fraction of sp³-hybridized carbons (Fsp3) is 0.471. The molecule has 246 valence electrons. The molecule has 2 saturated heterocycles. The zero-order valence-corrected chi connectivity index (χ0v) is 26.1. The highest BCUT2D eigenvalue weighted by atomic mass is 19.4. The van der Waals surface area contributed by atoms with E-state index in [1.165, 1.54) is 11.0 Å². The second-order valence-corrected chi connectivity index (χ2v) is 12.9. The van der Waals surface area contributed by atoms with Crippen LogP contribution in [0.25, 0.3) is 10.9 Å². The first-order valence-electron chi connectivity index (χ1n) is 15.7. The molecule has 0 radical (unpaired) electrons. The van der Waals surface area contributed by atoms with Crippen molar-refractivity contribution in [2.75, 3.05) is 6.54 Å². The topological polar surface area (TPSA) is 123 Å². The fourth-order valence-electron chi connectivity index (χ4n) is 6.45. The molecular formula is C34H40F3N5O4. The lowest BCUT2D eigenvalue weighted by atomic mass is 9.92. The van der Waals surface area contributed by atoms with Crippen LogP contribution in [0.4, 0.5) is 13.2 Å². The van der Waals surface area contributed by atoms with Crippen LogP contribution in [0.5, 0.6) is 0 Å². The summed E-state index contributed by atoms with van der Waals surface area (Å²) >= 11 is 0. The van der Waals surface area contributed by atoms with Gasteiger partial charge in [0.1, 0.15) is 12.1 Å². The maximum Gasteiger partial charge on any atom is 0.416 e. The Morgan fingerprint density at radius 1 is 1.04 bits per heavy atom. The molecule has 4 amide bonds. The number of halogens is 3. The van der Waals surface area contributed by atoms with Crippen LogP contribution in [0.3, 0.4) is 0 Å². The van der Waals surface area contributed by atoms with E-state index in [1.54, 1.807) is 6.20 Å². The molecule has 0 bridgehead atoms. The predicted octanol–water partition coefficient (Wildman–Crippen LogP) is 4.57. The van der Waals surface area contributed by atoms with Crippen LogP contribution in [-0.2, 0) is 27.0 Å². The second-order valence-electron chi connectivity index (χ2n) is 12.9. The van der Waals surface area contributed by atoms with Gasteiger partial charge in [-0.1, -0.05) is 45.0 Å². The van der Waals surface area contributed by atoms with Gasteiger partial charge in [0.15, 0.2) is 0 Å². The minimum Gasteiger partial charge on any atom is -0.361 e. The highest BCUT2D eigenvalue weighted by Crippen LogP contribution is 2.30. The number of nitrogens with zero attached hydrogens (tertiary/aromatic N) is 1. The van der Waals surface area contributed by atoms with Gasteiger partial charge < -0.3 is 25.8 Å². The lowest BCUT2D eigenvalue weighted by Crippen LogP contribution is -2.55. The van der Waals surface area contributed by atoms with Crippen LogP contribution in [-0.4, -0.2) is 64.2 Å². The number of alkyl halides is 3. The summed E-state index contributed by atoms with van der Waals surface area (Å²) in [5.41, 5.74) is 0.569. The first-order chi connectivity index (χ1) is 21.8. The van der Waals surface area contributed by atoms with Crippen molar-refractivity contribution in [3.63, 3.8) is 0 Å². The normalized spacial score (nSPS) is 24.9. The van der Waals surface area contributed by atoms with Gasteiger partial charge in [-0.3, -0.25) is 19.2 Å². The molecule has 12 heteroatoms. The number of carbonyl (C=O) groups excluding carboxylic acids is 4. The van der Waals surface area contributed by atoms with Crippen molar-refractivity contribution < 1.29 is 32.3 Å². The summed E-state index contributed by atoms with van der Waals surface area (Å²) in [5.74, 6) is -1.73. The number of aromatic amines is 1. The summed E-state index contributed by atoms with van der Waals surface area (Å²) < 4.78 is 39.9. The van der Waals surface area contributed by atoms with Gasteiger partial charge in [-0.05, 0) is 60.9 Å². The molecule has 3 aromatic rings. The standard InChI is InChI=1S/C34H40F3N5O4/c1-19(2)26-12-11-20(3)13-30(43)40-28(15-22-17-38-27-10-5-4-9-25(22)27)33(46)42-18-24(16-29(42)32(45)41-26)39-31(44)21-7-6-8-23(14-21)34(35,36)37/h4-10,14,17,19-20,24,26,28-29,38H,11-13,15-16,18H2,1-3H3,(H,39,44)(H,40,43)(H,41,45)/t20-,24-,26+,28-,29+/m1/s1. The van der Waals surface area contributed by atoms with Crippen LogP contribution in [0.1, 0.15) is 67.9 Å². The average molecular weight is 640 g/mol. The van der Waals surface area contributed by atoms with E-state index >= 15 is 0 Å². The van der Waals surface area contributed by atoms with Gasteiger partial charge in [-0.15, -0.1) is 0 Å². The Morgan fingerprint density at radius 3 is 2.54 bits per heavy atom. The number of carbonyl (C=O) groups is 4. The van der Waals surface area contributed by atoms with Crippen LogP contribution >= 0.6 is 0 Å². The van der Waals surface area contributed by atoms with Crippen molar-refractivity contribution >= 4 is 34.5 Å². The molecule has 46 heavy (non-hydrogen) atoms. The van der Waals surface area contributed by atoms with Gasteiger partial charge in [-0.25, -0.2) is 0 Å². The number of amides is 4. The van der Waals surface area contributed by atoms with Crippen molar-refractivity contribution in [2.45, 2.75) is 83.2 Å². The highest BCUT2D eigenvalue weighted by Gasteiger charge is 2.43. The first kappa shape index (κ1) is 33.0. The van der Waals surface area contributed by atoms with Crippen molar-refractivity contribution in [1.29, 1.82) is 0 Å². The summed E-state index contributed by atoms with van der Waals surface area (Å²) in [7, 11) is 0. The molecule has 5 atom stereocenters. The molecule has 0 unspecified atom stereocenters. The Bertz CT molecular complexity index is 1600. The van der Waals surface area contributed by atoms with Crippen LogP contribution < -0.4 is 16.0 Å². The Labute approximate surface area is 265 Å². The second kappa shape index (κ2) is 13.6. The number of para-hydroxylation sites is 1. The number of fused-ring (bicyclic) bond motifs is 2. The molecule has 2 fully saturated rings. The molecule has 0 spiro atoms. The number of rotatable bonds is 5. The van der Waals surface area contributed by atoms with E-state index < -0.39 is 41.7 Å². The lowest BCUT2D eigenvalue weighted by molar-refractivity contribution is -0.141. The third-order valence-corrected chi connectivity index (χ3v) is 9.04. The molecule has 2 aliphatic rings. The van der Waals surface area contributed by atoms with Gasteiger partial charge in [-0.2, -0.15) is 13.2 Å². The molecule has 1 aromatic heterocycles. The zero-order valence-electron chi connectivity index (χ0n) is 26.1. The summed E-state index contributed by atoms with van der Waals surface area (Å²) in [4.78, 5) is 59.1. The van der Waals surface area contributed by atoms with E-state index in [2.05, 4.69) is 20.9 Å². The van der Waals surface area contributed by atoms with Crippen molar-refractivity contribution in [2.24, 2.45) is 11.8 Å². The molecule has 2 aliphatic heterocycles. The molecule has 2 aromatic carbocycles. The first-order valence-corrected chi connectivity index (χ1v) is 15.7. The Kier molecular flexibility index (Phi) is 9.74. The van der Waals surface area contributed by atoms with Gasteiger partial charge in [0, 0.05) is 54.1 Å². The van der Waals surface area contributed by atoms with Gasteiger partial charge in [0.05, 0.1) is 5.56 Å². The number of aromatic nitrogens is 1. The number of benzene rings is 2. The largest absolute Gasteiger partial charge is 0.416 e. The van der Waals surface area contributed by atoms with E-state index in [9.17, 15) is 32.3 Å². The minimum absolute atomic E-state index is 0.0259. The van der Waals surface area contributed by atoms with Gasteiger partial charge in [0.2, 0.25) is 17.7 Å². The minimum atomic E-state index is -4.62. The van der Waals surface area contributed by atoms with Gasteiger partial charge in [0.25, 0.3) is 5.91 Å². The fourth-order valence-corrected chi connectivity index (χ4v) is 6.45. The number of hydrogen-bond acceptors (Lipinski definition) is 4. The van der Waals surface area contributed by atoms with E-state index in [-0.39, 0.29) is 61.1 Å². The summed E-state index contributed by atoms with van der Waals surface area (Å²) in [6, 6.07) is 8.86. The summed E-state index contributed by atoms with van der Waals surface area (Å²) in [6.07, 6.45) is -1.02. The van der Waals surface area contributed by atoms with Crippen LogP contribution in [0.15, 0.2) is 54.7 Å². The van der Waals surface area contributed by atoms with Crippen molar-refractivity contribution in [3.05, 3.63) is 71.4 Å². The summed E-state index contributed by atoms with van der Waals surface area (Å²) in [6.45, 7) is 5.91. The van der Waals surface area contributed by atoms with Crippen molar-refractivity contribution in [1.82, 2.24) is 25.8 Å². The molecule has 9 nitrogen and oxygen atoms in total. The number of hydrogen-bond donors (Lipinski definition) is 4. The zero-order chi connectivity index (χ0) is 33.2. The molecule has 4 N–H and O–H groups in total. The van der Waals surface area contributed by atoms with Gasteiger partial charge >= 0.3 is 6.18 Å².